The lowest BCUT2D eigenvalue weighted by Gasteiger charge is -2.34. The number of rotatable bonds is 13. The molecule has 0 saturated heterocycles. The number of hydrogen-bond donors (Lipinski definition) is 1. The third-order valence-electron chi connectivity index (χ3n) is 6.87. The molecule has 0 saturated carbocycles. The highest BCUT2D eigenvalue weighted by molar-refractivity contribution is 7.92. The Morgan fingerprint density at radius 1 is 0.767 bits per heavy atom. The maximum atomic E-state index is 14.4. The lowest BCUT2D eigenvalue weighted by Crippen LogP contribution is -2.54. The second kappa shape index (κ2) is 14.5. The highest BCUT2D eigenvalue weighted by Gasteiger charge is 2.34. The Bertz CT molecular complexity index is 1580. The zero-order valence-electron chi connectivity index (χ0n) is 24.6. The van der Waals surface area contributed by atoms with Crippen LogP contribution in [0.3, 0.4) is 0 Å². The lowest BCUT2D eigenvalue weighted by atomic mass is 10.0. The number of benzene rings is 4. The van der Waals surface area contributed by atoms with Crippen molar-refractivity contribution >= 4 is 27.5 Å². The van der Waals surface area contributed by atoms with Crippen LogP contribution in [-0.2, 0) is 32.6 Å². The van der Waals surface area contributed by atoms with E-state index in [1.54, 1.807) is 42.5 Å². The molecule has 4 rings (SSSR count). The number of nitrogens with one attached hydrogen (secondary N) is 1. The van der Waals surface area contributed by atoms with E-state index in [-0.39, 0.29) is 29.8 Å². The number of anilines is 1. The highest BCUT2D eigenvalue weighted by atomic mass is 32.2. The van der Waals surface area contributed by atoms with Gasteiger partial charge in [-0.25, -0.2) is 8.42 Å². The van der Waals surface area contributed by atoms with E-state index in [0.29, 0.717) is 11.4 Å². The van der Waals surface area contributed by atoms with Crippen molar-refractivity contribution in [2.45, 2.75) is 43.8 Å². The summed E-state index contributed by atoms with van der Waals surface area (Å²) in [6, 6.07) is 32.2. The summed E-state index contributed by atoms with van der Waals surface area (Å²) in [6.07, 6.45) is 0.256. The van der Waals surface area contributed by atoms with Crippen molar-refractivity contribution < 1.29 is 22.7 Å². The molecule has 1 atom stereocenters. The molecule has 0 heterocycles. The molecule has 0 aromatic heterocycles. The fourth-order valence-corrected chi connectivity index (χ4v) is 6.15. The first-order valence-electron chi connectivity index (χ1n) is 14.1. The Hall–Kier alpha value is -4.63. The predicted octanol–water partition coefficient (Wildman–Crippen LogP) is 5.06. The van der Waals surface area contributed by atoms with Crippen molar-refractivity contribution in [2.24, 2.45) is 0 Å². The van der Waals surface area contributed by atoms with Crippen molar-refractivity contribution in [1.82, 2.24) is 10.2 Å². The third-order valence-corrected chi connectivity index (χ3v) is 8.66. The van der Waals surface area contributed by atoms with E-state index < -0.39 is 28.5 Å². The molecule has 0 unspecified atom stereocenters. The van der Waals surface area contributed by atoms with Crippen LogP contribution in [0.4, 0.5) is 5.69 Å². The van der Waals surface area contributed by atoms with E-state index >= 15 is 0 Å². The summed E-state index contributed by atoms with van der Waals surface area (Å²) in [5, 5.41) is 2.96. The second-order valence-electron chi connectivity index (χ2n) is 10.4. The summed E-state index contributed by atoms with van der Waals surface area (Å²) in [4.78, 5) is 29.6. The SMILES string of the molecule is COc1ccc(N(CC(=O)N(Cc2ccccc2)[C@@H](Cc2ccccc2)C(=O)NC(C)C)S(=O)(=O)c2ccccc2)cc1. The van der Waals surface area contributed by atoms with Gasteiger partial charge in [-0.05, 0) is 61.4 Å². The Morgan fingerprint density at radius 3 is 1.84 bits per heavy atom. The summed E-state index contributed by atoms with van der Waals surface area (Å²) >= 11 is 0. The zero-order chi connectivity index (χ0) is 30.8. The third kappa shape index (κ3) is 8.23. The molecule has 224 valence electrons. The van der Waals surface area contributed by atoms with Crippen LogP contribution in [0.5, 0.6) is 5.75 Å². The molecule has 4 aromatic rings. The molecule has 0 aliphatic rings. The lowest BCUT2D eigenvalue weighted by molar-refractivity contribution is -0.140. The number of sulfonamides is 1. The summed E-state index contributed by atoms with van der Waals surface area (Å²) in [5.74, 6) is -0.282. The predicted molar refractivity (Wildman–Crippen MR) is 168 cm³/mol. The van der Waals surface area contributed by atoms with Crippen LogP contribution in [0, 0.1) is 0 Å². The first-order chi connectivity index (χ1) is 20.7. The number of carbonyl (C=O) groups is 2. The number of amides is 2. The van der Waals surface area contributed by atoms with Gasteiger partial charge in [0.05, 0.1) is 17.7 Å². The first kappa shape index (κ1) is 31.3. The van der Waals surface area contributed by atoms with Gasteiger partial charge in [-0.3, -0.25) is 13.9 Å². The van der Waals surface area contributed by atoms with Gasteiger partial charge in [0.2, 0.25) is 11.8 Å². The van der Waals surface area contributed by atoms with Gasteiger partial charge >= 0.3 is 0 Å². The van der Waals surface area contributed by atoms with E-state index in [2.05, 4.69) is 5.32 Å². The van der Waals surface area contributed by atoms with Crippen molar-refractivity contribution in [1.29, 1.82) is 0 Å². The number of ether oxygens (including phenoxy) is 1. The molecular weight excluding hydrogens is 562 g/mol. The molecule has 0 aliphatic heterocycles. The fraction of sp³-hybridized carbons (Fsp3) is 0.235. The van der Waals surface area contributed by atoms with Gasteiger partial charge in [0, 0.05) is 19.0 Å². The molecule has 0 radical (unpaired) electrons. The highest BCUT2D eigenvalue weighted by Crippen LogP contribution is 2.27. The van der Waals surface area contributed by atoms with Crippen LogP contribution in [0.2, 0.25) is 0 Å². The molecule has 0 aliphatic carbocycles. The molecule has 9 heteroatoms. The fourth-order valence-electron chi connectivity index (χ4n) is 4.71. The monoisotopic (exact) mass is 599 g/mol. The van der Waals surface area contributed by atoms with Crippen molar-refractivity contribution in [3.63, 3.8) is 0 Å². The molecular formula is C34H37N3O5S. The van der Waals surface area contributed by atoms with Crippen LogP contribution < -0.4 is 14.4 Å². The summed E-state index contributed by atoms with van der Waals surface area (Å²) in [5.41, 5.74) is 1.98. The van der Waals surface area contributed by atoms with Crippen LogP contribution in [0.1, 0.15) is 25.0 Å². The molecule has 8 nitrogen and oxygen atoms in total. The average molecular weight is 600 g/mol. The van der Waals surface area contributed by atoms with Gasteiger partial charge in [-0.1, -0.05) is 78.9 Å². The van der Waals surface area contributed by atoms with Crippen molar-refractivity contribution in [3.8, 4) is 5.75 Å². The minimum absolute atomic E-state index is 0.0478. The zero-order valence-corrected chi connectivity index (χ0v) is 25.4. The van der Waals surface area contributed by atoms with E-state index in [4.69, 9.17) is 4.74 Å². The largest absolute Gasteiger partial charge is 0.497 e. The Morgan fingerprint density at radius 2 is 1.30 bits per heavy atom. The standard InChI is InChI=1S/C34H37N3O5S/c1-26(2)35-34(39)32(23-27-13-7-4-8-14-27)36(24-28-15-9-5-10-16-28)33(38)25-37(29-19-21-30(42-3)22-20-29)43(40,41)31-17-11-6-12-18-31/h4-22,26,32H,23-25H2,1-3H3,(H,35,39)/t32-/m0/s1. The smallest absolute Gasteiger partial charge is 0.264 e. The van der Waals surface area contributed by atoms with E-state index in [9.17, 15) is 18.0 Å². The maximum Gasteiger partial charge on any atom is 0.264 e. The van der Waals surface area contributed by atoms with E-state index in [1.807, 2.05) is 74.5 Å². The molecule has 4 aromatic carbocycles. The van der Waals surface area contributed by atoms with Crippen LogP contribution >= 0.6 is 0 Å². The topological polar surface area (TPSA) is 96.0 Å². The molecule has 2 amide bonds. The molecule has 43 heavy (non-hydrogen) atoms. The molecule has 0 bridgehead atoms. The summed E-state index contributed by atoms with van der Waals surface area (Å²) in [7, 11) is -2.63. The summed E-state index contributed by atoms with van der Waals surface area (Å²) in [6.45, 7) is 3.32. The van der Waals surface area contributed by atoms with E-state index in [0.717, 1.165) is 15.4 Å². The average Bonchev–Trinajstić information content (AvgIpc) is 3.02. The van der Waals surface area contributed by atoms with Crippen LogP contribution in [-0.4, -0.2) is 50.9 Å². The second-order valence-corrected chi connectivity index (χ2v) is 12.3. The summed E-state index contributed by atoms with van der Waals surface area (Å²) < 4.78 is 34.3. The molecule has 0 fully saturated rings. The van der Waals surface area contributed by atoms with Gasteiger partial charge in [-0.15, -0.1) is 0 Å². The molecule has 1 N–H and O–H groups in total. The van der Waals surface area contributed by atoms with Gasteiger partial charge in [0.1, 0.15) is 18.3 Å². The van der Waals surface area contributed by atoms with Crippen molar-refractivity contribution in [3.05, 3.63) is 126 Å². The van der Waals surface area contributed by atoms with Crippen LogP contribution in [0.25, 0.3) is 0 Å². The number of hydrogen-bond acceptors (Lipinski definition) is 5. The maximum absolute atomic E-state index is 14.4. The Labute approximate surface area is 254 Å². The first-order valence-corrected chi connectivity index (χ1v) is 15.5. The number of methoxy groups -OCH3 is 1. The minimum Gasteiger partial charge on any atom is -0.497 e. The van der Waals surface area contributed by atoms with Gasteiger partial charge in [-0.2, -0.15) is 0 Å². The quantitative estimate of drug-likeness (QED) is 0.232. The van der Waals surface area contributed by atoms with Gasteiger partial charge in [0.25, 0.3) is 10.0 Å². The Kier molecular flexibility index (Phi) is 10.6. The van der Waals surface area contributed by atoms with Gasteiger partial charge in [0.15, 0.2) is 0 Å². The number of nitrogens with zero attached hydrogens (tertiary/aromatic N) is 2. The Balaban J connectivity index is 1.78. The minimum atomic E-state index is -4.15. The van der Waals surface area contributed by atoms with E-state index in [1.165, 1.54) is 24.1 Å². The van der Waals surface area contributed by atoms with Crippen LogP contribution in [0.15, 0.2) is 120 Å². The number of carbonyl (C=O) groups excluding carboxylic acids is 2. The van der Waals surface area contributed by atoms with Crippen molar-refractivity contribution in [2.75, 3.05) is 18.0 Å². The molecule has 0 spiro atoms. The normalized spacial score (nSPS) is 11.9. The van der Waals surface area contributed by atoms with Gasteiger partial charge < -0.3 is 15.0 Å².